The maximum atomic E-state index is 5.66. The van der Waals surface area contributed by atoms with Crippen molar-refractivity contribution >= 4 is 17.2 Å². The van der Waals surface area contributed by atoms with Crippen molar-refractivity contribution in [1.29, 1.82) is 0 Å². The van der Waals surface area contributed by atoms with Gasteiger partial charge >= 0.3 is 0 Å². The van der Waals surface area contributed by atoms with Crippen LogP contribution in [-0.4, -0.2) is 28.5 Å². The fourth-order valence-corrected chi connectivity index (χ4v) is 1.98. The van der Waals surface area contributed by atoms with Crippen LogP contribution in [0.5, 0.6) is 0 Å². The molecule has 0 unspecified atom stereocenters. The van der Waals surface area contributed by atoms with Crippen LogP contribution in [-0.2, 0) is 0 Å². The van der Waals surface area contributed by atoms with Gasteiger partial charge in [-0.1, -0.05) is 12.1 Å². The molecule has 3 aromatic rings. The smallest absolute Gasteiger partial charge is 0.156 e. The maximum absolute atomic E-state index is 5.66. The first-order valence-corrected chi connectivity index (χ1v) is 6.01. The van der Waals surface area contributed by atoms with Crippen LogP contribution in [0.25, 0.3) is 16.9 Å². The average molecular weight is 253 g/mol. The molecule has 0 saturated heterocycles. The van der Waals surface area contributed by atoms with Gasteiger partial charge in [0.1, 0.15) is 5.82 Å². The SMILES string of the molecule is CN(C)c1ccc(-c2cn3cc(N)ncc3n2)cc1. The predicted molar refractivity (Wildman–Crippen MR) is 77.2 cm³/mol. The second kappa shape index (κ2) is 4.28. The lowest BCUT2D eigenvalue weighted by Crippen LogP contribution is -2.07. The molecule has 0 amide bonds. The molecule has 0 aliphatic heterocycles. The zero-order valence-electron chi connectivity index (χ0n) is 10.9. The number of imidazole rings is 1. The van der Waals surface area contributed by atoms with Crippen molar-refractivity contribution in [3.05, 3.63) is 42.9 Å². The van der Waals surface area contributed by atoms with Crippen LogP contribution in [0.4, 0.5) is 11.5 Å². The van der Waals surface area contributed by atoms with E-state index >= 15 is 0 Å². The Morgan fingerprint density at radius 2 is 1.84 bits per heavy atom. The summed E-state index contributed by atoms with van der Waals surface area (Å²) in [6, 6.07) is 8.28. The van der Waals surface area contributed by atoms with Gasteiger partial charge in [-0.3, -0.25) is 0 Å². The van der Waals surface area contributed by atoms with E-state index in [-0.39, 0.29) is 0 Å². The maximum Gasteiger partial charge on any atom is 0.156 e. The topological polar surface area (TPSA) is 59.5 Å². The van der Waals surface area contributed by atoms with Crippen LogP contribution in [0.3, 0.4) is 0 Å². The van der Waals surface area contributed by atoms with Gasteiger partial charge in [-0.2, -0.15) is 0 Å². The van der Waals surface area contributed by atoms with E-state index in [2.05, 4.69) is 39.1 Å². The van der Waals surface area contributed by atoms with Gasteiger partial charge in [-0.15, -0.1) is 0 Å². The molecule has 5 nitrogen and oxygen atoms in total. The van der Waals surface area contributed by atoms with Crippen molar-refractivity contribution in [2.45, 2.75) is 0 Å². The minimum atomic E-state index is 0.486. The highest BCUT2D eigenvalue weighted by molar-refractivity contribution is 5.65. The Morgan fingerprint density at radius 3 is 2.53 bits per heavy atom. The summed E-state index contributed by atoms with van der Waals surface area (Å²) in [7, 11) is 4.04. The fraction of sp³-hybridized carbons (Fsp3) is 0.143. The summed E-state index contributed by atoms with van der Waals surface area (Å²) >= 11 is 0. The summed E-state index contributed by atoms with van der Waals surface area (Å²) < 4.78 is 1.89. The zero-order chi connectivity index (χ0) is 13.4. The minimum absolute atomic E-state index is 0.486. The third-order valence-corrected chi connectivity index (χ3v) is 3.04. The summed E-state index contributed by atoms with van der Waals surface area (Å²) in [6.07, 6.45) is 5.39. The second-order valence-corrected chi connectivity index (χ2v) is 4.65. The van der Waals surface area contributed by atoms with Crippen LogP contribution in [0.15, 0.2) is 42.9 Å². The van der Waals surface area contributed by atoms with Gasteiger partial charge in [0.05, 0.1) is 18.1 Å². The quantitative estimate of drug-likeness (QED) is 0.759. The molecular weight excluding hydrogens is 238 g/mol. The molecular formula is C14H15N5. The van der Waals surface area contributed by atoms with E-state index in [4.69, 9.17) is 5.73 Å². The second-order valence-electron chi connectivity index (χ2n) is 4.65. The number of nitrogens with two attached hydrogens (primary N) is 1. The number of hydrogen-bond acceptors (Lipinski definition) is 4. The Kier molecular flexibility index (Phi) is 2.59. The Morgan fingerprint density at radius 1 is 1.11 bits per heavy atom. The number of rotatable bonds is 2. The molecule has 5 heteroatoms. The van der Waals surface area contributed by atoms with Crippen molar-refractivity contribution in [3.63, 3.8) is 0 Å². The van der Waals surface area contributed by atoms with Crippen LogP contribution in [0, 0.1) is 0 Å². The lowest BCUT2D eigenvalue weighted by molar-refractivity contribution is 1.13. The third-order valence-electron chi connectivity index (χ3n) is 3.04. The lowest BCUT2D eigenvalue weighted by atomic mass is 10.1. The van der Waals surface area contributed by atoms with Gasteiger partial charge in [0.15, 0.2) is 5.65 Å². The Bertz CT molecular complexity index is 712. The number of nitrogens with zero attached hydrogens (tertiary/aromatic N) is 4. The normalized spacial score (nSPS) is 10.8. The van der Waals surface area contributed by atoms with Crippen molar-refractivity contribution < 1.29 is 0 Å². The highest BCUT2D eigenvalue weighted by atomic mass is 15.1. The lowest BCUT2D eigenvalue weighted by Gasteiger charge is -2.12. The van der Waals surface area contributed by atoms with E-state index in [1.54, 1.807) is 12.4 Å². The van der Waals surface area contributed by atoms with Crippen LogP contribution in [0.2, 0.25) is 0 Å². The number of benzene rings is 1. The molecule has 0 bridgehead atoms. The summed E-state index contributed by atoms with van der Waals surface area (Å²) in [6.45, 7) is 0. The van der Waals surface area contributed by atoms with Gasteiger partial charge in [-0.25, -0.2) is 9.97 Å². The third kappa shape index (κ3) is 2.10. The Labute approximate surface area is 111 Å². The van der Waals surface area contributed by atoms with Crippen LogP contribution in [0.1, 0.15) is 0 Å². The summed E-state index contributed by atoms with van der Waals surface area (Å²) in [4.78, 5) is 10.6. The number of aromatic nitrogens is 3. The highest BCUT2D eigenvalue weighted by Crippen LogP contribution is 2.22. The van der Waals surface area contributed by atoms with Gasteiger partial charge < -0.3 is 15.0 Å². The van der Waals surface area contributed by atoms with Crippen LogP contribution >= 0.6 is 0 Å². The molecule has 0 fully saturated rings. The minimum Gasteiger partial charge on any atom is -0.382 e. The van der Waals surface area contributed by atoms with Gasteiger partial charge in [-0.05, 0) is 12.1 Å². The van der Waals surface area contributed by atoms with Gasteiger partial charge in [0.2, 0.25) is 0 Å². The molecule has 2 heterocycles. The fourth-order valence-electron chi connectivity index (χ4n) is 1.98. The largest absolute Gasteiger partial charge is 0.382 e. The van der Waals surface area contributed by atoms with Crippen molar-refractivity contribution in [1.82, 2.24) is 14.4 Å². The Balaban J connectivity index is 2.03. The number of nitrogen functional groups attached to an aromatic ring is 1. The molecule has 1 aromatic carbocycles. The van der Waals surface area contributed by atoms with E-state index in [1.165, 1.54) is 5.69 Å². The van der Waals surface area contributed by atoms with Crippen molar-refractivity contribution in [2.24, 2.45) is 0 Å². The molecule has 0 atom stereocenters. The zero-order valence-corrected chi connectivity index (χ0v) is 10.9. The predicted octanol–water partition coefficient (Wildman–Crippen LogP) is 2.04. The van der Waals surface area contributed by atoms with Crippen molar-refractivity contribution in [3.8, 4) is 11.3 Å². The molecule has 2 aromatic heterocycles. The molecule has 0 aliphatic rings. The van der Waals surface area contributed by atoms with E-state index in [1.807, 2.05) is 24.7 Å². The molecule has 96 valence electrons. The first-order valence-electron chi connectivity index (χ1n) is 6.01. The first kappa shape index (κ1) is 11.5. The summed E-state index contributed by atoms with van der Waals surface area (Å²) in [5, 5.41) is 0. The monoisotopic (exact) mass is 253 g/mol. The standard InChI is InChI=1S/C14H15N5/c1-18(2)11-5-3-10(4-6-11)12-8-19-9-13(15)16-7-14(19)17-12/h3-9H,15H2,1-2H3. The molecule has 0 aliphatic carbocycles. The molecule has 0 spiro atoms. The number of anilines is 2. The number of fused-ring (bicyclic) bond motifs is 1. The van der Waals surface area contributed by atoms with E-state index in [9.17, 15) is 0 Å². The van der Waals surface area contributed by atoms with Gasteiger partial charge in [0.25, 0.3) is 0 Å². The molecule has 2 N–H and O–H groups in total. The molecule has 0 radical (unpaired) electrons. The van der Waals surface area contributed by atoms with E-state index < -0.39 is 0 Å². The molecule has 0 saturated carbocycles. The van der Waals surface area contributed by atoms with Crippen molar-refractivity contribution in [2.75, 3.05) is 24.7 Å². The highest BCUT2D eigenvalue weighted by Gasteiger charge is 2.05. The van der Waals surface area contributed by atoms with Gasteiger partial charge in [0, 0.05) is 31.5 Å². The Hall–Kier alpha value is -2.56. The first-order chi connectivity index (χ1) is 9.13. The van der Waals surface area contributed by atoms with E-state index in [0.29, 0.717) is 5.82 Å². The van der Waals surface area contributed by atoms with E-state index in [0.717, 1.165) is 16.9 Å². The summed E-state index contributed by atoms with van der Waals surface area (Å²) in [5.41, 5.74) is 9.61. The average Bonchev–Trinajstić information content (AvgIpc) is 2.81. The molecule has 3 rings (SSSR count). The number of hydrogen-bond donors (Lipinski definition) is 1. The van der Waals surface area contributed by atoms with Crippen LogP contribution < -0.4 is 10.6 Å². The summed E-state index contributed by atoms with van der Waals surface area (Å²) in [5.74, 6) is 0.486. The molecule has 19 heavy (non-hydrogen) atoms.